The Bertz CT molecular complexity index is 946. The molecule has 3 aliphatic rings. The number of carbonyl (C=O) groups is 2. The quantitative estimate of drug-likeness (QED) is 0.764. The second-order valence-electron chi connectivity index (χ2n) is 7.97. The zero-order valence-electron chi connectivity index (χ0n) is 16.0. The summed E-state index contributed by atoms with van der Waals surface area (Å²) in [7, 11) is 0. The molecule has 2 aromatic rings. The molecule has 0 aliphatic carbocycles. The topological polar surface area (TPSA) is 71.5 Å². The summed E-state index contributed by atoms with van der Waals surface area (Å²) in [5.41, 5.74) is 1.47. The third kappa shape index (κ3) is 3.13. The number of hydrogen-bond acceptors (Lipinski definition) is 4. The molecule has 5 rings (SSSR count). The summed E-state index contributed by atoms with van der Waals surface area (Å²) < 4.78 is 6.18. The molecule has 1 aromatic heterocycles. The van der Waals surface area contributed by atoms with E-state index in [9.17, 15) is 9.59 Å². The smallest absolute Gasteiger partial charge is 0.230 e. The van der Waals surface area contributed by atoms with Crippen molar-refractivity contribution in [3.05, 3.63) is 78.1 Å². The van der Waals surface area contributed by atoms with Crippen molar-refractivity contribution in [1.29, 1.82) is 0 Å². The van der Waals surface area contributed by atoms with E-state index in [0.29, 0.717) is 19.6 Å². The van der Waals surface area contributed by atoms with Gasteiger partial charge in [0.05, 0.1) is 24.5 Å². The van der Waals surface area contributed by atoms with Gasteiger partial charge in [0.1, 0.15) is 5.60 Å². The van der Waals surface area contributed by atoms with Crippen LogP contribution >= 0.6 is 0 Å². The molecule has 2 bridgehead atoms. The normalized spacial score (nSPS) is 29.3. The standard InChI is InChI=1S/C23H23N3O3/c27-21(25-14-17-7-4-11-24-13-17)19-18-8-10-23(29-18)15-26(22(28)20(19)23)12-9-16-5-2-1-3-6-16/h1-8,10-11,13,18-20H,9,12,14-15H2,(H,25,27)/t18-,19-,20+,23-/m0/s1. The van der Waals surface area contributed by atoms with Gasteiger partial charge >= 0.3 is 0 Å². The number of carbonyl (C=O) groups excluding carboxylic acids is 2. The third-order valence-corrected chi connectivity index (χ3v) is 6.18. The number of likely N-dealkylation sites (tertiary alicyclic amines) is 1. The van der Waals surface area contributed by atoms with E-state index in [1.807, 2.05) is 47.4 Å². The van der Waals surface area contributed by atoms with Crippen LogP contribution in [-0.4, -0.2) is 46.5 Å². The fourth-order valence-electron chi connectivity index (χ4n) is 4.79. The van der Waals surface area contributed by atoms with Gasteiger partial charge in [0, 0.05) is 25.5 Å². The maximum Gasteiger partial charge on any atom is 0.230 e. The zero-order chi connectivity index (χ0) is 19.8. The molecule has 1 N–H and O–H groups in total. The lowest BCUT2D eigenvalue weighted by Gasteiger charge is -2.23. The van der Waals surface area contributed by atoms with Gasteiger partial charge in [-0.1, -0.05) is 48.6 Å². The van der Waals surface area contributed by atoms with Crippen molar-refractivity contribution < 1.29 is 14.3 Å². The van der Waals surface area contributed by atoms with Gasteiger partial charge < -0.3 is 15.0 Å². The minimum absolute atomic E-state index is 0.0225. The number of nitrogens with zero attached hydrogens (tertiary/aromatic N) is 2. The molecule has 2 amide bonds. The number of aromatic nitrogens is 1. The van der Waals surface area contributed by atoms with E-state index in [1.54, 1.807) is 12.4 Å². The van der Waals surface area contributed by atoms with E-state index < -0.39 is 17.4 Å². The van der Waals surface area contributed by atoms with E-state index >= 15 is 0 Å². The van der Waals surface area contributed by atoms with Gasteiger partial charge in [0.15, 0.2) is 0 Å². The van der Waals surface area contributed by atoms with Gasteiger partial charge in [0.25, 0.3) is 0 Å². The molecule has 2 fully saturated rings. The van der Waals surface area contributed by atoms with Crippen molar-refractivity contribution >= 4 is 11.8 Å². The predicted molar refractivity (Wildman–Crippen MR) is 107 cm³/mol. The molecular formula is C23H23N3O3. The molecule has 4 atom stereocenters. The highest BCUT2D eigenvalue weighted by Gasteiger charge is 2.66. The highest BCUT2D eigenvalue weighted by Crippen LogP contribution is 2.51. The molecule has 1 spiro atoms. The minimum Gasteiger partial charge on any atom is -0.360 e. The van der Waals surface area contributed by atoms with E-state index in [-0.39, 0.29) is 17.9 Å². The third-order valence-electron chi connectivity index (χ3n) is 6.18. The molecule has 2 saturated heterocycles. The van der Waals surface area contributed by atoms with Crippen molar-refractivity contribution in [2.45, 2.75) is 24.7 Å². The Morgan fingerprint density at radius 1 is 1.21 bits per heavy atom. The summed E-state index contributed by atoms with van der Waals surface area (Å²) in [6, 6.07) is 13.9. The highest BCUT2D eigenvalue weighted by molar-refractivity contribution is 5.93. The first-order chi connectivity index (χ1) is 14.2. The van der Waals surface area contributed by atoms with Crippen molar-refractivity contribution in [2.75, 3.05) is 13.1 Å². The highest BCUT2D eigenvalue weighted by atomic mass is 16.5. The average molecular weight is 389 g/mol. The first-order valence-corrected chi connectivity index (χ1v) is 10.0. The molecule has 4 heterocycles. The van der Waals surface area contributed by atoms with Gasteiger partial charge in [-0.2, -0.15) is 0 Å². The van der Waals surface area contributed by atoms with Crippen molar-refractivity contribution in [3.8, 4) is 0 Å². The fourth-order valence-corrected chi connectivity index (χ4v) is 4.79. The number of rotatable bonds is 6. The van der Waals surface area contributed by atoms with Crippen LogP contribution in [0.4, 0.5) is 0 Å². The lowest BCUT2D eigenvalue weighted by molar-refractivity contribution is -0.137. The largest absolute Gasteiger partial charge is 0.360 e. The first kappa shape index (κ1) is 18.1. The zero-order valence-corrected chi connectivity index (χ0v) is 16.0. The van der Waals surface area contributed by atoms with E-state index in [0.717, 1.165) is 12.0 Å². The summed E-state index contributed by atoms with van der Waals surface area (Å²) in [6.45, 7) is 1.54. The van der Waals surface area contributed by atoms with Crippen LogP contribution in [-0.2, 0) is 27.3 Å². The van der Waals surface area contributed by atoms with E-state index in [2.05, 4.69) is 22.4 Å². The number of hydrogen-bond donors (Lipinski definition) is 1. The van der Waals surface area contributed by atoms with Crippen LogP contribution in [0.25, 0.3) is 0 Å². The first-order valence-electron chi connectivity index (χ1n) is 10.0. The summed E-state index contributed by atoms with van der Waals surface area (Å²) >= 11 is 0. The maximum atomic E-state index is 13.2. The SMILES string of the molecule is O=C(NCc1cccnc1)[C@H]1[C@@H]2C=C[C@@]3(CN(CCc4ccccc4)C(=O)[C@@H]13)O2. The summed E-state index contributed by atoms with van der Waals surface area (Å²) in [5.74, 6) is -1.03. The Balaban J connectivity index is 1.28. The Kier molecular flexibility index (Phi) is 4.43. The van der Waals surface area contributed by atoms with Gasteiger partial charge in [0.2, 0.25) is 11.8 Å². The molecule has 148 valence electrons. The Hall–Kier alpha value is -2.99. The van der Waals surface area contributed by atoms with Crippen LogP contribution in [0.15, 0.2) is 67.0 Å². The van der Waals surface area contributed by atoms with Crippen LogP contribution in [0.5, 0.6) is 0 Å². The number of pyridine rings is 1. The second kappa shape index (κ2) is 7.12. The van der Waals surface area contributed by atoms with Crippen molar-refractivity contribution in [2.24, 2.45) is 11.8 Å². The number of ether oxygens (including phenoxy) is 1. The molecular weight excluding hydrogens is 366 g/mol. The molecule has 29 heavy (non-hydrogen) atoms. The molecule has 1 aromatic carbocycles. The van der Waals surface area contributed by atoms with Crippen molar-refractivity contribution in [1.82, 2.24) is 15.2 Å². The van der Waals surface area contributed by atoms with Gasteiger partial charge in [-0.05, 0) is 23.6 Å². The van der Waals surface area contributed by atoms with E-state index in [1.165, 1.54) is 5.56 Å². The monoisotopic (exact) mass is 389 g/mol. The number of benzene rings is 1. The van der Waals surface area contributed by atoms with Gasteiger partial charge in [-0.3, -0.25) is 14.6 Å². The van der Waals surface area contributed by atoms with Crippen LogP contribution in [0.3, 0.4) is 0 Å². The predicted octanol–water partition coefficient (Wildman–Crippen LogP) is 1.72. The van der Waals surface area contributed by atoms with Crippen LogP contribution in [0.2, 0.25) is 0 Å². The lowest BCUT2D eigenvalue weighted by Crippen LogP contribution is -2.44. The number of nitrogens with one attached hydrogen (secondary N) is 1. The van der Waals surface area contributed by atoms with Crippen LogP contribution in [0, 0.1) is 11.8 Å². The average Bonchev–Trinajstić information content (AvgIpc) is 3.40. The summed E-state index contributed by atoms with van der Waals surface area (Å²) in [5, 5.41) is 2.96. The summed E-state index contributed by atoms with van der Waals surface area (Å²) in [6.07, 6.45) is 7.83. The van der Waals surface area contributed by atoms with Gasteiger partial charge in [-0.25, -0.2) is 0 Å². The summed E-state index contributed by atoms with van der Waals surface area (Å²) in [4.78, 5) is 32.1. The minimum atomic E-state index is -0.658. The Morgan fingerprint density at radius 3 is 2.83 bits per heavy atom. The number of amides is 2. The van der Waals surface area contributed by atoms with Crippen LogP contribution < -0.4 is 5.32 Å². The molecule has 3 aliphatic heterocycles. The molecule has 0 saturated carbocycles. The Labute approximate surface area is 169 Å². The molecule has 0 unspecified atom stereocenters. The number of fused-ring (bicyclic) bond motifs is 1. The fraction of sp³-hybridized carbons (Fsp3) is 0.348. The Morgan fingerprint density at radius 2 is 2.03 bits per heavy atom. The van der Waals surface area contributed by atoms with E-state index in [4.69, 9.17) is 4.74 Å². The van der Waals surface area contributed by atoms with Crippen LogP contribution in [0.1, 0.15) is 11.1 Å². The molecule has 6 heteroatoms. The molecule has 0 radical (unpaired) electrons. The second-order valence-corrected chi connectivity index (χ2v) is 7.97. The molecule has 6 nitrogen and oxygen atoms in total. The maximum absolute atomic E-state index is 13.2. The van der Waals surface area contributed by atoms with Gasteiger partial charge in [-0.15, -0.1) is 0 Å². The lowest BCUT2D eigenvalue weighted by atomic mass is 9.77. The van der Waals surface area contributed by atoms with Crippen molar-refractivity contribution in [3.63, 3.8) is 0 Å².